The van der Waals surface area contributed by atoms with Gasteiger partial charge >= 0.3 is 5.97 Å². The summed E-state index contributed by atoms with van der Waals surface area (Å²) >= 11 is 1.48. The van der Waals surface area contributed by atoms with Crippen molar-refractivity contribution in [1.82, 2.24) is 10.3 Å². The molecule has 1 atom stereocenters. The van der Waals surface area contributed by atoms with E-state index >= 15 is 0 Å². The maximum Gasteiger partial charge on any atom is 0.326 e. The number of carboxylic acids is 1. The monoisotopic (exact) mass is 304 g/mol. The molecule has 2 aromatic rings. The first-order valence-corrected chi connectivity index (χ1v) is 7.34. The fourth-order valence-corrected chi connectivity index (χ4v) is 2.79. The molecule has 0 saturated carbocycles. The van der Waals surface area contributed by atoms with Gasteiger partial charge < -0.3 is 10.4 Å². The van der Waals surface area contributed by atoms with Gasteiger partial charge in [0.05, 0.1) is 5.56 Å². The van der Waals surface area contributed by atoms with Crippen LogP contribution in [-0.4, -0.2) is 28.0 Å². The highest BCUT2D eigenvalue weighted by Crippen LogP contribution is 2.20. The zero-order chi connectivity index (χ0) is 15.4. The molecule has 2 heterocycles. The number of nitrogens with zero attached hydrogens (tertiary/aromatic N) is 1. The van der Waals surface area contributed by atoms with Gasteiger partial charge in [-0.2, -0.15) is 0 Å². The molecule has 2 aromatic heterocycles. The first-order chi connectivity index (χ1) is 9.99. The second-order valence-corrected chi connectivity index (χ2v) is 5.84. The largest absolute Gasteiger partial charge is 0.480 e. The molecular weight excluding hydrogens is 288 g/mol. The van der Waals surface area contributed by atoms with Crippen LogP contribution in [0.15, 0.2) is 29.9 Å². The average Bonchev–Trinajstić information content (AvgIpc) is 2.79. The van der Waals surface area contributed by atoms with Gasteiger partial charge in [0, 0.05) is 29.1 Å². The van der Waals surface area contributed by atoms with Crippen molar-refractivity contribution in [2.24, 2.45) is 0 Å². The fourth-order valence-electron chi connectivity index (χ4n) is 1.93. The lowest BCUT2D eigenvalue weighted by molar-refractivity contribution is -0.139. The average molecular weight is 304 g/mol. The molecule has 2 N–H and O–H groups in total. The first-order valence-electron chi connectivity index (χ1n) is 6.46. The van der Waals surface area contributed by atoms with Gasteiger partial charge in [-0.1, -0.05) is 0 Å². The molecule has 0 bridgehead atoms. The quantitative estimate of drug-likeness (QED) is 0.887. The highest BCUT2D eigenvalue weighted by atomic mass is 32.1. The number of hydrogen-bond donors (Lipinski definition) is 2. The van der Waals surface area contributed by atoms with E-state index in [0.29, 0.717) is 5.56 Å². The maximum absolute atomic E-state index is 12.2. The molecule has 0 spiro atoms. The van der Waals surface area contributed by atoms with E-state index in [2.05, 4.69) is 10.3 Å². The molecule has 0 saturated heterocycles. The topological polar surface area (TPSA) is 79.3 Å². The van der Waals surface area contributed by atoms with Gasteiger partial charge in [-0.05, 0) is 37.1 Å². The number of carbonyl (C=O) groups is 2. The predicted molar refractivity (Wildman–Crippen MR) is 80.6 cm³/mol. The smallest absolute Gasteiger partial charge is 0.326 e. The van der Waals surface area contributed by atoms with E-state index in [1.165, 1.54) is 11.3 Å². The standard InChI is InChI=1S/C15H16N2O3S/c1-9-10(2)21-8-12(9)14(18)17-13(15(19)20)7-11-3-5-16-6-4-11/h3-6,8,13H,7H2,1-2H3,(H,17,18)(H,19,20)/t13-/m0/s1. The number of pyridine rings is 1. The third-order valence-electron chi connectivity index (χ3n) is 3.32. The SMILES string of the molecule is Cc1scc(C(=O)N[C@@H](Cc2ccncc2)C(=O)O)c1C. The Morgan fingerprint density at radius 1 is 1.33 bits per heavy atom. The van der Waals surface area contributed by atoms with Gasteiger partial charge in [-0.25, -0.2) is 4.79 Å². The summed E-state index contributed by atoms with van der Waals surface area (Å²) < 4.78 is 0. The van der Waals surface area contributed by atoms with E-state index in [-0.39, 0.29) is 12.3 Å². The first kappa shape index (κ1) is 15.2. The molecular formula is C15H16N2O3S. The van der Waals surface area contributed by atoms with Crippen molar-refractivity contribution in [2.75, 3.05) is 0 Å². The van der Waals surface area contributed by atoms with Crippen LogP contribution in [0.5, 0.6) is 0 Å². The minimum Gasteiger partial charge on any atom is -0.480 e. The van der Waals surface area contributed by atoms with Crippen molar-refractivity contribution in [2.45, 2.75) is 26.3 Å². The minimum absolute atomic E-state index is 0.228. The number of thiophene rings is 1. The van der Waals surface area contributed by atoms with Crippen LogP contribution in [0.2, 0.25) is 0 Å². The Morgan fingerprint density at radius 2 is 2.00 bits per heavy atom. The van der Waals surface area contributed by atoms with Crippen LogP contribution in [0.4, 0.5) is 0 Å². The summed E-state index contributed by atoms with van der Waals surface area (Å²) in [4.78, 5) is 28.5. The molecule has 0 aliphatic rings. The number of carboxylic acid groups (broad SMARTS) is 1. The Kier molecular flexibility index (Phi) is 4.70. The second-order valence-electron chi connectivity index (χ2n) is 4.75. The van der Waals surface area contributed by atoms with Crippen molar-refractivity contribution < 1.29 is 14.7 Å². The van der Waals surface area contributed by atoms with Gasteiger partial charge in [0.1, 0.15) is 6.04 Å². The van der Waals surface area contributed by atoms with Crippen LogP contribution < -0.4 is 5.32 Å². The number of hydrogen-bond acceptors (Lipinski definition) is 4. The van der Waals surface area contributed by atoms with E-state index in [4.69, 9.17) is 0 Å². The number of rotatable bonds is 5. The van der Waals surface area contributed by atoms with E-state index < -0.39 is 12.0 Å². The second kappa shape index (κ2) is 6.49. The summed E-state index contributed by atoms with van der Waals surface area (Å²) in [5.41, 5.74) is 2.25. The van der Waals surface area contributed by atoms with Crippen LogP contribution in [-0.2, 0) is 11.2 Å². The zero-order valence-electron chi connectivity index (χ0n) is 11.8. The van der Waals surface area contributed by atoms with Gasteiger partial charge in [0.2, 0.25) is 0 Å². The Bertz CT molecular complexity index is 652. The number of nitrogens with one attached hydrogen (secondary N) is 1. The number of aryl methyl sites for hydroxylation is 1. The molecule has 6 heteroatoms. The van der Waals surface area contributed by atoms with Crippen LogP contribution in [0.1, 0.15) is 26.4 Å². The third-order valence-corrected chi connectivity index (χ3v) is 4.34. The van der Waals surface area contributed by atoms with Crippen molar-refractivity contribution in [1.29, 1.82) is 0 Å². The summed E-state index contributed by atoms with van der Waals surface area (Å²) in [6, 6.07) is 2.52. The number of amides is 1. The lowest BCUT2D eigenvalue weighted by Crippen LogP contribution is -2.42. The van der Waals surface area contributed by atoms with Crippen LogP contribution >= 0.6 is 11.3 Å². The number of carbonyl (C=O) groups excluding carboxylic acids is 1. The molecule has 0 unspecified atom stereocenters. The zero-order valence-corrected chi connectivity index (χ0v) is 12.6. The van der Waals surface area contributed by atoms with E-state index in [0.717, 1.165) is 16.0 Å². The van der Waals surface area contributed by atoms with Crippen LogP contribution in [0.3, 0.4) is 0 Å². The Labute approximate surface area is 126 Å². The van der Waals surface area contributed by atoms with Crippen molar-refractivity contribution in [3.05, 3.63) is 51.5 Å². The van der Waals surface area contributed by atoms with E-state index in [1.54, 1.807) is 29.9 Å². The van der Waals surface area contributed by atoms with Gasteiger partial charge in [0.15, 0.2) is 0 Å². The third kappa shape index (κ3) is 3.66. The number of aromatic nitrogens is 1. The molecule has 0 aliphatic carbocycles. The summed E-state index contributed by atoms with van der Waals surface area (Å²) in [6.07, 6.45) is 3.43. The Morgan fingerprint density at radius 3 is 2.52 bits per heavy atom. The molecule has 0 aromatic carbocycles. The predicted octanol–water partition coefficient (Wildman–Crippen LogP) is 2.19. The van der Waals surface area contributed by atoms with E-state index in [1.807, 2.05) is 13.8 Å². The maximum atomic E-state index is 12.2. The van der Waals surface area contributed by atoms with Crippen molar-refractivity contribution >= 4 is 23.2 Å². The summed E-state index contributed by atoms with van der Waals surface area (Å²) in [5.74, 6) is -1.40. The Balaban J connectivity index is 2.11. The summed E-state index contributed by atoms with van der Waals surface area (Å²) in [5, 5.41) is 13.6. The van der Waals surface area contributed by atoms with Gasteiger partial charge in [-0.15, -0.1) is 11.3 Å². The highest BCUT2D eigenvalue weighted by Gasteiger charge is 2.22. The molecule has 110 valence electrons. The number of aliphatic carboxylic acids is 1. The lowest BCUT2D eigenvalue weighted by atomic mass is 10.1. The molecule has 0 aliphatic heterocycles. The van der Waals surface area contributed by atoms with Crippen molar-refractivity contribution in [3.63, 3.8) is 0 Å². The fraction of sp³-hybridized carbons (Fsp3) is 0.267. The molecule has 1 amide bonds. The summed E-state index contributed by atoms with van der Waals surface area (Å²) in [7, 11) is 0. The van der Waals surface area contributed by atoms with Gasteiger partial charge in [0.25, 0.3) is 5.91 Å². The molecule has 21 heavy (non-hydrogen) atoms. The van der Waals surface area contributed by atoms with Crippen LogP contribution in [0, 0.1) is 13.8 Å². The molecule has 0 fully saturated rings. The molecule has 2 rings (SSSR count). The minimum atomic E-state index is -1.05. The van der Waals surface area contributed by atoms with Gasteiger partial charge in [-0.3, -0.25) is 9.78 Å². The van der Waals surface area contributed by atoms with Crippen molar-refractivity contribution in [3.8, 4) is 0 Å². The highest BCUT2D eigenvalue weighted by molar-refractivity contribution is 7.10. The van der Waals surface area contributed by atoms with Crippen LogP contribution in [0.25, 0.3) is 0 Å². The summed E-state index contributed by atoms with van der Waals surface area (Å²) in [6.45, 7) is 3.79. The Hall–Kier alpha value is -2.21. The normalized spacial score (nSPS) is 11.9. The molecule has 0 radical (unpaired) electrons. The lowest BCUT2D eigenvalue weighted by Gasteiger charge is -2.14. The molecule has 5 nitrogen and oxygen atoms in total. The van der Waals surface area contributed by atoms with E-state index in [9.17, 15) is 14.7 Å².